The second-order valence-electron chi connectivity index (χ2n) is 10.4. The number of hydrogen-bond acceptors (Lipinski definition) is 2. The predicted molar refractivity (Wildman–Crippen MR) is 129 cm³/mol. The van der Waals surface area contributed by atoms with Gasteiger partial charge in [0.2, 0.25) is 0 Å². The van der Waals surface area contributed by atoms with E-state index in [-0.39, 0.29) is 30.0 Å². The quantitative estimate of drug-likeness (QED) is 0.473. The van der Waals surface area contributed by atoms with Crippen molar-refractivity contribution in [3.8, 4) is 0 Å². The molecule has 1 aliphatic carbocycles. The van der Waals surface area contributed by atoms with Crippen LogP contribution in [-0.2, 0) is 16.8 Å². The van der Waals surface area contributed by atoms with Crippen molar-refractivity contribution < 1.29 is 14.7 Å². The molecule has 1 unspecified atom stereocenters. The molecule has 174 valence electrons. The number of carbonyl (C=O) groups excluding carboxylic acids is 1. The van der Waals surface area contributed by atoms with Crippen LogP contribution in [0.1, 0.15) is 70.9 Å². The molecule has 1 aromatic rings. The van der Waals surface area contributed by atoms with Crippen molar-refractivity contribution in [3.05, 3.63) is 58.3 Å². The molecule has 1 fully saturated rings. The Kier molecular flexibility index (Phi) is 7.09. The lowest BCUT2D eigenvalue weighted by Gasteiger charge is -2.48. The average Bonchev–Trinajstić information content (AvgIpc) is 2.70. The molecule has 2 N–H and O–H groups in total. The van der Waals surface area contributed by atoms with Gasteiger partial charge in [0.1, 0.15) is 0 Å². The molecule has 0 radical (unpaired) electrons. The zero-order valence-electron chi connectivity index (χ0n) is 19.6. The van der Waals surface area contributed by atoms with Gasteiger partial charge in [-0.25, -0.2) is 9.59 Å². The van der Waals surface area contributed by atoms with E-state index in [1.807, 2.05) is 12.3 Å². The summed E-state index contributed by atoms with van der Waals surface area (Å²) in [6.45, 7) is 12.7. The number of benzene rings is 1. The van der Waals surface area contributed by atoms with E-state index in [1.165, 1.54) is 0 Å². The van der Waals surface area contributed by atoms with Crippen molar-refractivity contribution in [1.29, 1.82) is 0 Å². The first-order valence-corrected chi connectivity index (χ1v) is 11.8. The van der Waals surface area contributed by atoms with Crippen LogP contribution in [0.15, 0.2) is 42.1 Å². The highest BCUT2D eigenvalue weighted by Crippen LogP contribution is 2.47. The number of amides is 2. The second kappa shape index (κ2) is 9.30. The van der Waals surface area contributed by atoms with Gasteiger partial charge in [-0.1, -0.05) is 58.0 Å². The van der Waals surface area contributed by atoms with Crippen LogP contribution in [0.2, 0.25) is 5.02 Å². The Morgan fingerprint density at radius 1 is 1.38 bits per heavy atom. The van der Waals surface area contributed by atoms with E-state index in [0.29, 0.717) is 5.92 Å². The van der Waals surface area contributed by atoms with E-state index in [1.54, 1.807) is 4.90 Å². The van der Waals surface area contributed by atoms with Gasteiger partial charge in [-0.2, -0.15) is 0 Å². The third kappa shape index (κ3) is 5.20. The average molecular weight is 459 g/mol. The topological polar surface area (TPSA) is 69.6 Å². The molecule has 0 bridgehead atoms. The fourth-order valence-electron chi connectivity index (χ4n) is 4.68. The van der Waals surface area contributed by atoms with Crippen molar-refractivity contribution in [3.63, 3.8) is 0 Å². The first-order valence-electron chi connectivity index (χ1n) is 11.4. The lowest BCUT2D eigenvalue weighted by molar-refractivity contribution is -0.132. The maximum atomic E-state index is 13.0. The number of nitrogens with zero attached hydrogens (tertiary/aromatic N) is 1. The number of aliphatic carboxylic acids is 1. The van der Waals surface area contributed by atoms with Crippen LogP contribution in [0, 0.1) is 11.3 Å². The molecule has 5 nitrogen and oxygen atoms in total. The number of fused-ring (bicyclic) bond motifs is 1. The molecular formula is C26H35ClN2O3. The molecule has 6 heteroatoms. The van der Waals surface area contributed by atoms with Crippen molar-refractivity contribution in [2.24, 2.45) is 11.3 Å². The summed E-state index contributed by atoms with van der Waals surface area (Å²) in [5.74, 6) is -0.731. The third-order valence-corrected chi connectivity index (χ3v) is 7.09. The van der Waals surface area contributed by atoms with E-state index in [9.17, 15) is 9.59 Å². The molecule has 32 heavy (non-hydrogen) atoms. The molecule has 3 rings (SSSR count). The monoisotopic (exact) mass is 458 g/mol. The highest BCUT2D eigenvalue weighted by molar-refractivity contribution is 6.31. The van der Waals surface area contributed by atoms with Crippen molar-refractivity contribution in [2.75, 3.05) is 6.54 Å². The highest BCUT2D eigenvalue weighted by atomic mass is 35.5. The van der Waals surface area contributed by atoms with Gasteiger partial charge in [0.25, 0.3) is 0 Å². The third-order valence-electron chi connectivity index (χ3n) is 6.74. The smallest absolute Gasteiger partial charge is 0.331 e. The van der Waals surface area contributed by atoms with Gasteiger partial charge in [-0.05, 0) is 72.6 Å². The van der Waals surface area contributed by atoms with Crippen LogP contribution in [0.25, 0.3) is 0 Å². The Balaban J connectivity index is 1.91. The SMILES string of the molecule is C=C(CCN1C=C2C(C)CCC[C@@]2(c2ccc(CCC(C)(C)C)c(Cl)c2)NC1=O)C(=O)O. The van der Waals surface area contributed by atoms with Gasteiger partial charge in [-0.3, -0.25) is 0 Å². The van der Waals surface area contributed by atoms with E-state index < -0.39 is 11.5 Å². The number of carboxylic acid groups (broad SMARTS) is 1. The summed E-state index contributed by atoms with van der Waals surface area (Å²) in [6.07, 6.45) is 7.01. The number of urea groups is 1. The largest absolute Gasteiger partial charge is 0.478 e. The molecule has 2 aliphatic rings. The van der Waals surface area contributed by atoms with Gasteiger partial charge in [-0.15, -0.1) is 0 Å². The second-order valence-corrected chi connectivity index (χ2v) is 10.8. The zero-order chi connectivity index (χ0) is 23.7. The fraction of sp³-hybridized carbons (Fsp3) is 0.538. The van der Waals surface area contributed by atoms with Gasteiger partial charge in [0.15, 0.2) is 0 Å². The molecule has 1 aromatic carbocycles. The van der Waals surface area contributed by atoms with E-state index in [0.717, 1.165) is 53.8 Å². The van der Waals surface area contributed by atoms with Crippen LogP contribution in [-0.4, -0.2) is 28.6 Å². The number of hydrogen-bond donors (Lipinski definition) is 2. The number of halogens is 1. The zero-order valence-corrected chi connectivity index (χ0v) is 20.4. The maximum absolute atomic E-state index is 13.0. The number of carboxylic acids is 1. The van der Waals surface area contributed by atoms with Crippen molar-refractivity contribution in [2.45, 2.75) is 71.8 Å². The summed E-state index contributed by atoms with van der Waals surface area (Å²) in [7, 11) is 0. The van der Waals surface area contributed by atoms with E-state index >= 15 is 0 Å². The van der Waals surface area contributed by atoms with Crippen LogP contribution >= 0.6 is 11.6 Å². The minimum absolute atomic E-state index is 0.0994. The van der Waals surface area contributed by atoms with Gasteiger partial charge in [0, 0.05) is 23.3 Å². The predicted octanol–water partition coefficient (Wildman–Crippen LogP) is 6.27. The standard InChI is InChI=1S/C26H35ClN2O3/c1-17-7-6-12-26(20-9-8-19(22(27)15-20)10-13-25(3,4)5)21(17)16-29(24(32)28-26)14-11-18(2)23(30)31/h8-9,15-17H,2,6-7,10-14H2,1,3-5H3,(H,28,32)(H,30,31)/t17?,26-/m0/s1. The fourth-order valence-corrected chi connectivity index (χ4v) is 4.96. The van der Waals surface area contributed by atoms with Crippen LogP contribution in [0.4, 0.5) is 4.79 Å². The van der Waals surface area contributed by atoms with Gasteiger partial charge >= 0.3 is 12.0 Å². The Hall–Kier alpha value is -2.27. The summed E-state index contributed by atoms with van der Waals surface area (Å²) in [5, 5.41) is 13.1. The Labute approximate surface area is 196 Å². The lowest BCUT2D eigenvalue weighted by atomic mass is 9.68. The normalized spacial score (nSPS) is 23.3. The Bertz CT molecular complexity index is 947. The molecule has 2 amide bonds. The summed E-state index contributed by atoms with van der Waals surface area (Å²) >= 11 is 6.71. The summed E-state index contributed by atoms with van der Waals surface area (Å²) in [6, 6.07) is 6.02. The molecule has 0 aromatic heterocycles. The Morgan fingerprint density at radius 2 is 2.09 bits per heavy atom. The van der Waals surface area contributed by atoms with E-state index in [4.69, 9.17) is 16.7 Å². The maximum Gasteiger partial charge on any atom is 0.331 e. The van der Waals surface area contributed by atoms with Gasteiger partial charge in [0.05, 0.1) is 5.54 Å². The summed E-state index contributed by atoms with van der Waals surface area (Å²) < 4.78 is 0. The molecule has 1 saturated carbocycles. The van der Waals surface area contributed by atoms with Crippen LogP contribution in [0.5, 0.6) is 0 Å². The minimum atomic E-state index is -1.03. The number of aryl methyl sites for hydroxylation is 1. The highest BCUT2D eigenvalue weighted by Gasteiger charge is 2.46. The molecule has 1 aliphatic heterocycles. The molecule has 2 atom stereocenters. The number of carbonyl (C=O) groups is 2. The van der Waals surface area contributed by atoms with Gasteiger partial charge < -0.3 is 15.3 Å². The van der Waals surface area contributed by atoms with Crippen molar-refractivity contribution in [1.82, 2.24) is 10.2 Å². The number of nitrogens with one attached hydrogen (secondary N) is 1. The first kappa shape index (κ1) is 24.4. The number of rotatable bonds is 7. The molecular weight excluding hydrogens is 424 g/mol. The minimum Gasteiger partial charge on any atom is -0.478 e. The summed E-state index contributed by atoms with van der Waals surface area (Å²) in [5.41, 5.74) is 3.07. The lowest BCUT2D eigenvalue weighted by Crippen LogP contribution is -2.57. The first-order chi connectivity index (χ1) is 14.9. The summed E-state index contributed by atoms with van der Waals surface area (Å²) in [4.78, 5) is 25.7. The van der Waals surface area contributed by atoms with E-state index in [2.05, 4.69) is 51.7 Å². The molecule has 0 spiro atoms. The van der Waals surface area contributed by atoms with Crippen LogP contribution in [0.3, 0.4) is 0 Å². The van der Waals surface area contributed by atoms with Crippen molar-refractivity contribution >= 4 is 23.6 Å². The molecule has 0 saturated heterocycles. The Morgan fingerprint density at radius 3 is 2.72 bits per heavy atom. The van der Waals surface area contributed by atoms with Crippen LogP contribution < -0.4 is 5.32 Å². The molecule has 1 heterocycles.